The first kappa shape index (κ1) is 23.3. The van der Waals surface area contributed by atoms with Crippen molar-refractivity contribution in [3.63, 3.8) is 0 Å². The number of nitrogens with zero attached hydrogens (tertiary/aromatic N) is 3. The SMILES string of the molecule is CCc1cccc(C(C)C)c1NC(=S)N[C@H]1CC[C@@H](Nc2nccc(N(C)C)n2)CC1. The summed E-state index contributed by atoms with van der Waals surface area (Å²) in [6, 6.07) is 9.22. The van der Waals surface area contributed by atoms with Crippen LogP contribution in [0.25, 0.3) is 0 Å². The molecule has 0 aliphatic heterocycles. The van der Waals surface area contributed by atoms with Crippen LogP contribution >= 0.6 is 12.2 Å². The van der Waals surface area contributed by atoms with Crippen LogP contribution in [-0.2, 0) is 6.42 Å². The lowest BCUT2D eigenvalue weighted by molar-refractivity contribution is 0.387. The number of thiocarbonyl (C=S) groups is 1. The first-order valence-corrected chi connectivity index (χ1v) is 11.7. The number of anilines is 3. The highest BCUT2D eigenvalue weighted by Gasteiger charge is 2.23. The van der Waals surface area contributed by atoms with Gasteiger partial charge in [0.25, 0.3) is 0 Å². The Hall–Kier alpha value is -2.41. The highest BCUT2D eigenvalue weighted by molar-refractivity contribution is 7.80. The van der Waals surface area contributed by atoms with E-state index in [-0.39, 0.29) is 0 Å². The predicted octanol–water partition coefficient (Wildman–Crippen LogP) is 4.94. The van der Waals surface area contributed by atoms with Gasteiger partial charge in [-0.3, -0.25) is 0 Å². The van der Waals surface area contributed by atoms with Crippen LogP contribution < -0.4 is 20.9 Å². The van der Waals surface area contributed by atoms with E-state index in [0.29, 0.717) is 23.9 Å². The van der Waals surface area contributed by atoms with Gasteiger partial charge in [-0.2, -0.15) is 4.98 Å². The van der Waals surface area contributed by atoms with Crippen LogP contribution in [0.15, 0.2) is 30.5 Å². The molecule has 0 radical (unpaired) electrons. The summed E-state index contributed by atoms with van der Waals surface area (Å²) in [6.45, 7) is 6.64. The van der Waals surface area contributed by atoms with Crippen LogP contribution in [0.2, 0.25) is 0 Å². The van der Waals surface area contributed by atoms with E-state index in [1.807, 2.05) is 31.3 Å². The van der Waals surface area contributed by atoms with Crippen LogP contribution in [0.3, 0.4) is 0 Å². The lowest BCUT2D eigenvalue weighted by Crippen LogP contribution is -2.42. The van der Waals surface area contributed by atoms with Crippen molar-refractivity contribution in [2.45, 2.75) is 70.9 Å². The van der Waals surface area contributed by atoms with Gasteiger partial charge in [0.1, 0.15) is 5.82 Å². The molecule has 0 saturated heterocycles. The topological polar surface area (TPSA) is 65.1 Å². The van der Waals surface area contributed by atoms with Crippen molar-refractivity contribution in [1.29, 1.82) is 0 Å². The van der Waals surface area contributed by atoms with Gasteiger partial charge in [-0.05, 0) is 67.4 Å². The van der Waals surface area contributed by atoms with Gasteiger partial charge in [-0.1, -0.05) is 39.0 Å². The number of para-hydroxylation sites is 1. The van der Waals surface area contributed by atoms with E-state index < -0.39 is 0 Å². The summed E-state index contributed by atoms with van der Waals surface area (Å²) < 4.78 is 0. The molecule has 6 nitrogen and oxygen atoms in total. The lowest BCUT2D eigenvalue weighted by Gasteiger charge is -2.31. The summed E-state index contributed by atoms with van der Waals surface area (Å²) in [5, 5.41) is 11.3. The fourth-order valence-corrected chi connectivity index (χ4v) is 4.38. The van der Waals surface area contributed by atoms with Crippen LogP contribution in [0.4, 0.5) is 17.5 Å². The lowest BCUT2D eigenvalue weighted by atomic mass is 9.91. The minimum absolute atomic E-state index is 0.392. The Morgan fingerprint density at radius 1 is 1.13 bits per heavy atom. The van der Waals surface area contributed by atoms with Gasteiger partial charge in [0.2, 0.25) is 5.95 Å². The van der Waals surface area contributed by atoms with E-state index in [1.54, 1.807) is 0 Å². The molecule has 0 unspecified atom stereocenters. The highest BCUT2D eigenvalue weighted by Crippen LogP contribution is 2.28. The molecule has 1 heterocycles. The largest absolute Gasteiger partial charge is 0.363 e. The molecule has 1 aromatic heterocycles. The Labute approximate surface area is 192 Å². The maximum absolute atomic E-state index is 5.68. The Balaban J connectivity index is 1.52. The molecule has 0 amide bonds. The molecule has 1 aliphatic carbocycles. The van der Waals surface area contributed by atoms with E-state index in [2.05, 4.69) is 64.9 Å². The Kier molecular flexibility index (Phi) is 8.07. The summed E-state index contributed by atoms with van der Waals surface area (Å²) in [7, 11) is 3.98. The Morgan fingerprint density at radius 2 is 1.84 bits per heavy atom. The quantitative estimate of drug-likeness (QED) is 0.527. The molecule has 1 saturated carbocycles. The number of nitrogens with one attached hydrogen (secondary N) is 3. The van der Waals surface area contributed by atoms with Crippen molar-refractivity contribution in [1.82, 2.24) is 15.3 Å². The van der Waals surface area contributed by atoms with Crippen molar-refractivity contribution in [2.24, 2.45) is 0 Å². The third-order valence-corrected chi connectivity index (χ3v) is 6.14. The van der Waals surface area contributed by atoms with Crippen LogP contribution in [0.1, 0.15) is 63.5 Å². The van der Waals surface area contributed by atoms with Gasteiger partial charge in [0.15, 0.2) is 5.11 Å². The summed E-state index contributed by atoms with van der Waals surface area (Å²) in [5.74, 6) is 2.07. The van der Waals surface area contributed by atoms with E-state index in [0.717, 1.165) is 43.0 Å². The maximum atomic E-state index is 5.68. The second kappa shape index (κ2) is 10.8. The summed E-state index contributed by atoms with van der Waals surface area (Å²) >= 11 is 5.68. The zero-order valence-corrected chi connectivity index (χ0v) is 20.2. The average molecular weight is 441 g/mol. The molecule has 0 bridgehead atoms. The van der Waals surface area contributed by atoms with E-state index in [1.165, 1.54) is 16.8 Å². The molecule has 1 fully saturated rings. The number of aryl methyl sites for hydroxylation is 1. The fourth-order valence-electron chi connectivity index (χ4n) is 4.12. The molecule has 3 rings (SSSR count). The molecule has 3 N–H and O–H groups in total. The van der Waals surface area contributed by atoms with Gasteiger partial charge in [-0.25, -0.2) is 4.98 Å². The minimum Gasteiger partial charge on any atom is -0.363 e. The van der Waals surface area contributed by atoms with Crippen molar-refractivity contribution >= 4 is 34.8 Å². The van der Waals surface area contributed by atoms with E-state index >= 15 is 0 Å². The van der Waals surface area contributed by atoms with Crippen molar-refractivity contribution in [2.75, 3.05) is 29.6 Å². The molecule has 31 heavy (non-hydrogen) atoms. The third-order valence-electron chi connectivity index (χ3n) is 5.92. The smallest absolute Gasteiger partial charge is 0.224 e. The molecule has 0 atom stereocenters. The molecule has 2 aromatic rings. The van der Waals surface area contributed by atoms with E-state index in [9.17, 15) is 0 Å². The van der Waals surface area contributed by atoms with Crippen LogP contribution in [0, 0.1) is 0 Å². The summed E-state index contributed by atoms with van der Waals surface area (Å²) in [4.78, 5) is 10.9. The van der Waals surface area contributed by atoms with E-state index in [4.69, 9.17) is 12.2 Å². The van der Waals surface area contributed by atoms with Crippen molar-refractivity contribution < 1.29 is 0 Å². The van der Waals surface area contributed by atoms with Crippen molar-refractivity contribution in [3.05, 3.63) is 41.6 Å². The standard InChI is InChI=1S/C24H36N6S/c1-6-17-8-7-9-20(16(2)3)22(17)29-24(31)27-19-12-10-18(11-13-19)26-23-25-15-14-21(28-23)30(4)5/h7-9,14-16,18-19H,6,10-13H2,1-5H3,(H,25,26,28)(H2,27,29,31)/t18-,19+. The summed E-state index contributed by atoms with van der Waals surface area (Å²) in [6.07, 6.45) is 7.07. The van der Waals surface area contributed by atoms with Gasteiger partial charge in [0.05, 0.1) is 0 Å². The zero-order valence-electron chi connectivity index (χ0n) is 19.4. The second-order valence-corrected chi connectivity index (χ2v) is 9.22. The van der Waals surface area contributed by atoms with Gasteiger partial charge >= 0.3 is 0 Å². The molecular weight excluding hydrogens is 404 g/mol. The number of rotatable bonds is 7. The third kappa shape index (κ3) is 6.29. The number of aromatic nitrogens is 2. The van der Waals surface area contributed by atoms with Crippen molar-refractivity contribution in [3.8, 4) is 0 Å². The predicted molar refractivity (Wildman–Crippen MR) is 135 cm³/mol. The normalized spacial score (nSPS) is 18.5. The maximum Gasteiger partial charge on any atom is 0.224 e. The first-order valence-electron chi connectivity index (χ1n) is 11.3. The summed E-state index contributed by atoms with van der Waals surface area (Å²) in [5.41, 5.74) is 3.80. The molecule has 1 aromatic carbocycles. The molecular formula is C24H36N6S. The Morgan fingerprint density at radius 3 is 2.48 bits per heavy atom. The second-order valence-electron chi connectivity index (χ2n) is 8.81. The molecule has 1 aliphatic rings. The zero-order chi connectivity index (χ0) is 22.4. The van der Waals surface area contributed by atoms with Crippen LogP contribution in [-0.4, -0.2) is 41.3 Å². The minimum atomic E-state index is 0.392. The fraction of sp³-hybridized carbons (Fsp3) is 0.542. The van der Waals surface area contributed by atoms with Crippen LogP contribution in [0.5, 0.6) is 0 Å². The molecule has 168 valence electrons. The monoisotopic (exact) mass is 440 g/mol. The number of benzene rings is 1. The highest BCUT2D eigenvalue weighted by atomic mass is 32.1. The Bertz CT molecular complexity index is 874. The first-order chi connectivity index (χ1) is 14.9. The molecule has 7 heteroatoms. The average Bonchev–Trinajstić information content (AvgIpc) is 2.75. The molecule has 0 spiro atoms. The van der Waals surface area contributed by atoms with Gasteiger partial charge in [-0.15, -0.1) is 0 Å². The number of hydrogen-bond donors (Lipinski definition) is 3. The van der Waals surface area contributed by atoms with Gasteiger partial charge in [0, 0.05) is 38.1 Å². The van der Waals surface area contributed by atoms with Gasteiger partial charge < -0.3 is 20.9 Å². The number of hydrogen-bond acceptors (Lipinski definition) is 5.